The topological polar surface area (TPSA) is 91.5 Å². The van der Waals surface area contributed by atoms with E-state index in [1.165, 1.54) is 10.9 Å². The molecule has 0 amide bonds. The van der Waals surface area contributed by atoms with Crippen molar-refractivity contribution in [2.24, 2.45) is 0 Å². The van der Waals surface area contributed by atoms with E-state index < -0.39 is 0 Å². The second-order valence-corrected chi connectivity index (χ2v) is 8.89. The average Bonchev–Trinajstić information content (AvgIpc) is 2.88. The molecule has 0 atom stereocenters. The van der Waals surface area contributed by atoms with Crippen LogP contribution in [0, 0.1) is 0 Å². The van der Waals surface area contributed by atoms with E-state index in [1.54, 1.807) is 37.0 Å². The molecule has 1 saturated heterocycles. The molecular weight excluding hydrogens is 470 g/mol. The van der Waals surface area contributed by atoms with Gasteiger partial charge >= 0.3 is 5.69 Å². The summed E-state index contributed by atoms with van der Waals surface area (Å²) in [6, 6.07) is 8.68. The van der Waals surface area contributed by atoms with Crippen molar-refractivity contribution in [2.75, 3.05) is 32.2 Å². The van der Waals surface area contributed by atoms with Gasteiger partial charge < -0.3 is 14.4 Å². The minimum absolute atomic E-state index is 0.213. The molecule has 0 bridgehead atoms. The predicted molar refractivity (Wildman–Crippen MR) is 136 cm³/mol. The Balaban J connectivity index is 1.50. The van der Waals surface area contributed by atoms with E-state index in [-0.39, 0.29) is 17.3 Å². The van der Waals surface area contributed by atoms with Gasteiger partial charge in [0.15, 0.2) is 11.5 Å². The number of anilines is 1. The highest BCUT2D eigenvalue weighted by molar-refractivity contribution is 6.35. The molecule has 0 unspecified atom stereocenters. The largest absolute Gasteiger partial charge is 0.493 e. The fourth-order valence-corrected chi connectivity index (χ4v) is 5.25. The lowest BCUT2D eigenvalue weighted by atomic mass is 10.0. The molecule has 5 rings (SSSR count). The van der Waals surface area contributed by atoms with Crippen LogP contribution in [-0.2, 0) is 6.54 Å². The zero-order valence-electron chi connectivity index (χ0n) is 19.8. The number of hydrogen-bond acceptors (Lipinski definition) is 7. The van der Waals surface area contributed by atoms with Crippen LogP contribution in [0.15, 0.2) is 46.2 Å². The van der Waals surface area contributed by atoms with Crippen LogP contribution in [0.5, 0.6) is 11.5 Å². The molecule has 1 aliphatic rings. The van der Waals surface area contributed by atoms with Crippen molar-refractivity contribution < 1.29 is 9.47 Å². The standard InChI is InChI=1S/C25H26ClN5O4/c1-4-30-22-16(6-5-7-18(22)26)24(32)31(25(30)33)15-8-10-29(11-9-15)23-17-12-20(34-2)21(35-3)13-19(17)27-14-28-23/h5-7,12-15H,4,8-11H2,1-3H3. The van der Waals surface area contributed by atoms with Gasteiger partial charge in [0.25, 0.3) is 5.56 Å². The summed E-state index contributed by atoms with van der Waals surface area (Å²) in [4.78, 5) is 37.8. The Bertz CT molecular complexity index is 1540. The monoisotopic (exact) mass is 495 g/mol. The van der Waals surface area contributed by atoms with Crippen molar-refractivity contribution in [1.29, 1.82) is 0 Å². The molecular formula is C25H26ClN5O4. The molecule has 9 nitrogen and oxygen atoms in total. The normalized spacial score (nSPS) is 14.6. The van der Waals surface area contributed by atoms with Crippen LogP contribution in [0.4, 0.5) is 5.82 Å². The number of nitrogens with zero attached hydrogens (tertiary/aromatic N) is 5. The Morgan fingerprint density at radius 1 is 1.03 bits per heavy atom. The van der Waals surface area contributed by atoms with E-state index in [2.05, 4.69) is 14.9 Å². The summed E-state index contributed by atoms with van der Waals surface area (Å²) in [5, 5.41) is 1.72. The summed E-state index contributed by atoms with van der Waals surface area (Å²) in [6.07, 6.45) is 2.79. The van der Waals surface area contributed by atoms with Crippen LogP contribution in [0.1, 0.15) is 25.8 Å². The maximum absolute atomic E-state index is 13.4. The predicted octanol–water partition coefficient (Wildman–Crippen LogP) is 3.64. The van der Waals surface area contributed by atoms with Crippen LogP contribution in [0.3, 0.4) is 0 Å². The molecule has 2 aromatic heterocycles. The van der Waals surface area contributed by atoms with E-state index in [1.807, 2.05) is 19.1 Å². The lowest BCUT2D eigenvalue weighted by Gasteiger charge is -2.34. The van der Waals surface area contributed by atoms with E-state index in [9.17, 15) is 9.59 Å². The number of piperidine rings is 1. The third-order valence-electron chi connectivity index (χ3n) is 6.71. The zero-order chi connectivity index (χ0) is 24.7. The lowest BCUT2D eigenvalue weighted by molar-refractivity contribution is 0.355. The highest BCUT2D eigenvalue weighted by Gasteiger charge is 2.27. The highest BCUT2D eigenvalue weighted by Crippen LogP contribution is 2.36. The van der Waals surface area contributed by atoms with Gasteiger partial charge in [-0.2, -0.15) is 0 Å². The number of aromatic nitrogens is 4. The summed E-state index contributed by atoms with van der Waals surface area (Å²) in [7, 11) is 3.18. The van der Waals surface area contributed by atoms with Crippen molar-refractivity contribution >= 4 is 39.2 Å². The van der Waals surface area contributed by atoms with E-state index in [4.69, 9.17) is 21.1 Å². The fraction of sp³-hybridized carbons (Fsp3) is 0.360. The molecule has 0 spiro atoms. The summed E-state index contributed by atoms with van der Waals surface area (Å²) < 4.78 is 13.9. The number of methoxy groups -OCH3 is 2. The number of aryl methyl sites for hydroxylation is 1. The van der Waals surface area contributed by atoms with Crippen LogP contribution in [0.2, 0.25) is 5.02 Å². The molecule has 1 aliphatic heterocycles. The van der Waals surface area contributed by atoms with Crippen molar-refractivity contribution in [3.63, 3.8) is 0 Å². The fourth-order valence-electron chi connectivity index (χ4n) is 4.98. The van der Waals surface area contributed by atoms with E-state index in [0.29, 0.717) is 59.9 Å². The number of ether oxygens (including phenoxy) is 2. The Morgan fingerprint density at radius 2 is 1.74 bits per heavy atom. The Kier molecular flexibility index (Phi) is 6.10. The molecule has 0 N–H and O–H groups in total. The van der Waals surface area contributed by atoms with Crippen molar-refractivity contribution in [1.82, 2.24) is 19.1 Å². The van der Waals surface area contributed by atoms with Crippen LogP contribution >= 0.6 is 11.6 Å². The lowest BCUT2D eigenvalue weighted by Crippen LogP contribution is -2.46. The van der Waals surface area contributed by atoms with Gasteiger partial charge in [-0.3, -0.25) is 13.9 Å². The van der Waals surface area contributed by atoms with Gasteiger partial charge in [-0.1, -0.05) is 17.7 Å². The molecule has 4 aromatic rings. The summed E-state index contributed by atoms with van der Waals surface area (Å²) in [6.45, 7) is 3.58. The third-order valence-corrected chi connectivity index (χ3v) is 7.01. The molecule has 35 heavy (non-hydrogen) atoms. The number of rotatable bonds is 5. The first kappa shape index (κ1) is 23.2. The third kappa shape index (κ3) is 3.80. The number of benzene rings is 2. The van der Waals surface area contributed by atoms with Gasteiger partial charge in [0.2, 0.25) is 0 Å². The number of fused-ring (bicyclic) bond motifs is 2. The van der Waals surface area contributed by atoms with Gasteiger partial charge in [-0.05, 0) is 38.0 Å². The average molecular weight is 496 g/mol. The molecule has 0 radical (unpaired) electrons. The molecule has 182 valence electrons. The molecule has 1 fully saturated rings. The highest BCUT2D eigenvalue weighted by atomic mass is 35.5. The summed E-state index contributed by atoms with van der Waals surface area (Å²) in [5.74, 6) is 2.00. The molecule has 0 saturated carbocycles. The van der Waals surface area contributed by atoms with Gasteiger partial charge in [0, 0.05) is 37.1 Å². The minimum atomic E-state index is -0.319. The minimum Gasteiger partial charge on any atom is -0.493 e. The van der Waals surface area contributed by atoms with Crippen LogP contribution in [0.25, 0.3) is 21.8 Å². The van der Waals surface area contributed by atoms with Gasteiger partial charge in [-0.15, -0.1) is 0 Å². The Hall–Kier alpha value is -3.59. The number of para-hydroxylation sites is 1. The molecule has 3 heterocycles. The Labute approximate surface area is 206 Å². The summed E-state index contributed by atoms with van der Waals surface area (Å²) in [5.41, 5.74) is 0.640. The van der Waals surface area contributed by atoms with Gasteiger partial charge in [-0.25, -0.2) is 14.8 Å². The van der Waals surface area contributed by atoms with Crippen molar-refractivity contribution in [2.45, 2.75) is 32.4 Å². The quantitative estimate of drug-likeness (QED) is 0.417. The van der Waals surface area contributed by atoms with E-state index in [0.717, 1.165) is 16.7 Å². The smallest absolute Gasteiger partial charge is 0.331 e. The zero-order valence-corrected chi connectivity index (χ0v) is 20.6. The molecule has 0 aliphatic carbocycles. The SMILES string of the molecule is CCn1c(=O)n(C2CCN(c3ncnc4cc(OC)c(OC)cc34)CC2)c(=O)c2cccc(Cl)c21. The second-order valence-electron chi connectivity index (χ2n) is 8.48. The van der Waals surface area contributed by atoms with Crippen molar-refractivity contribution in [3.05, 3.63) is 62.5 Å². The first-order valence-corrected chi connectivity index (χ1v) is 11.9. The first-order chi connectivity index (χ1) is 17.0. The van der Waals surface area contributed by atoms with Crippen LogP contribution in [-0.4, -0.2) is 46.4 Å². The maximum atomic E-state index is 13.4. The Morgan fingerprint density at radius 3 is 2.43 bits per heavy atom. The van der Waals surface area contributed by atoms with Gasteiger partial charge in [0.1, 0.15) is 12.1 Å². The molecule has 2 aromatic carbocycles. The van der Waals surface area contributed by atoms with Crippen LogP contribution < -0.4 is 25.6 Å². The van der Waals surface area contributed by atoms with Crippen molar-refractivity contribution in [3.8, 4) is 11.5 Å². The first-order valence-electron chi connectivity index (χ1n) is 11.5. The van der Waals surface area contributed by atoms with Gasteiger partial charge in [0.05, 0.1) is 35.7 Å². The molecule has 10 heteroatoms. The van der Waals surface area contributed by atoms with E-state index >= 15 is 0 Å². The number of halogens is 1. The summed E-state index contributed by atoms with van der Waals surface area (Å²) >= 11 is 6.35. The maximum Gasteiger partial charge on any atom is 0.331 e. The second kappa shape index (κ2) is 9.22. The number of hydrogen-bond donors (Lipinski definition) is 0.